The van der Waals surface area contributed by atoms with Crippen molar-refractivity contribution in [2.45, 2.75) is 26.5 Å². The average molecular weight is 517 g/mol. The molecule has 0 bridgehead atoms. The summed E-state index contributed by atoms with van der Waals surface area (Å²) in [5, 5.41) is 1.93. The van der Waals surface area contributed by atoms with E-state index in [1.807, 2.05) is 78.2 Å². The number of thiophene rings is 1. The highest BCUT2D eigenvalue weighted by atomic mass is 32.1. The zero-order valence-corrected chi connectivity index (χ0v) is 21.5. The van der Waals surface area contributed by atoms with Gasteiger partial charge in [-0.05, 0) is 43.0 Å². The first-order chi connectivity index (χ1) is 17.6. The Balaban J connectivity index is 1.59. The molecule has 4 aromatic rings. The van der Waals surface area contributed by atoms with Crippen LogP contribution in [0.5, 0.6) is 5.75 Å². The number of benzene rings is 2. The number of rotatable bonds is 7. The van der Waals surface area contributed by atoms with Gasteiger partial charge in [-0.25, -0.2) is 9.79 Å². The lowest BCUT2D eigenvalue weighted by molar-refractivity contribution is -0.139. The van der Waals surface area contributed by atoms with Gasteiger partial charge in [0.25, 0.3) is 5.56 Å². The summed E-state index contributed by atoms with van der Waals surface area (Å²) in [5.41, 5.74) is 2.61. The highest BCUT2D eigenvalue weighted by Crippen LogP contribution is 2.33. The number of fused-ring (bicyclic) bond motifs is 1. The lowest BCUT2D eigenvalue weighted by atomic mass is 10.0. The summed E-state index contributed by atoms with van der Waals surface area (Å²) in [4.78, 5) is 32.7. The second-order valence-corrected chi connectivity index (χ2v) is 10.1. The minimum atomic E-state index is -0.577. The van der Waals surface area contributed by atoms with Crippen LogP contribution in [-0.4, -0.2) is 17.1 Å². The number of nitrogens with zero attached hydrogens (tertiary/aromatic N) is 2. The van der Waals surface area contributed by atoms with Crippen LogP contribution in [0.25, 0.3) is 6.08 Å². The van der Waals surface area contributed by atoms with E-state index in [4.69, 9.17) is 9.47 Å². The standard InChI is InChI=1S/C28H24N2O4S2/c1-3-33-27(32)24-18(2)29-28-30(25(24)22-14-9-15-35-22)26(31)23(36-28)16-20-12-7-8-13-21(20)34-17-19-10-5-4-6-11-19/h4-16,25H,3,17H2,1-2H3/b23-16+/t25-/m1/s1. The number of aromatic nitrogens is 1. The van der Waals surface area contributed by atoms with Crippen molar-refractivity contribution in [1.29, 1.82) is 0 Å². The molecule has 0 saturated heterocycles. The zero-order chi connectivity index (χ0) is 25.1. The molecule has 0 amide bonds. The van der Waals surface area contributed by atoms with E-state index >= 15 is 0 Å². The molecule has 6 nitrogen and oxygen atoms in total. The molecule has 5 rings (SSSR count). The van der Waals surface area contributed by atoms with Crippen molar-refractivity contribution in [3.8, 4) is 5.75 Å². The SMILES string of the molecule is CCOC(=O)C1=C(C)N=c2s/c(=C/c3ccccc3OCc3ccccc3)c(=O)n2[C@@H]1c1cccs1. The Bertz CT molecular complexity index is 1600. The molecule has 1 aliphatic heterocycles. The van der Waals surface area contributed by atoms with Gasteiger partial charge in [0.1, 0.15) is 18.4 Å². The van der Waals surface area contributed by atoms with Gasteiger partial charge in [0, 0.05) is 10.4 Å². The smallest absolute Gasteiger partial charge is 0.338 e. The van der Waals surface area contributed by atoms with E-state index in [0.717, 1.165) is 16.0 Å². The molecule has 0 radical (unpaired) electrons. The molecule has 0 saturated carbocycles. The van der Waals surface area contributed by atoms with E-state index in [9.17, 15) is 9.59 Å². The summed E-state index contributed by atoms with van der Waals surface area (Å²) < 4.78 is 13.5. The number of carbonyl (C=O) groups excluding carboxylic acids is 1. The molecule has 2 aromatic carbocycles. The monoisotopic (exact) mass is 516 g/mol. The van der Waals surface area contributed by atoms with Crippen LogP contribution in [0.1, 0.15) is 35.9 Å². The minimum absolute atomic E-state index is 0.204. The summed E-state index contributed by atoms with van der Waals surface area (Å²) in [5.74, 6) is 0.233. The molecule has 2 aromatic heterocycles. The maximum absolute atomic E-state index is 13.7. The Morgan fingerprint density at radius 2 is 1.86 bits per heavy atom. The number of ether oxygens (including phenoxy) is 2. The molecule has 3 heterocycles. The minimum Gasteiger partial charge on any atom is -0.488 e. The predicted octanol–water partition coefficient (Wildman–Crippen LogP) is 4.44. The van der Waals surface area contributed by atoms with Crippen LogP contribution in [0.15, 0.2) is 93.2 Å². The molecular weight excluding hydrogens is 492 g/mol. The van der Waals surface area contributed by atoms with Crippen LogP contribution in [0, 0.1) is 0 Å². The average Bonchev–Trinajstić information content (AvgIpc) is 3.52. The first kappa shape index (κ1) is 24.0. The van der Waals surface area contributed by atoms with Crippen molar-refractivity contribution in [3.63, 3.8) is 0 Å². The lowest BCUT2D eigenvalue weighted by Gasteiger charge is -2.23. The van der Waals surface area contributed by atoms with E-state index < -0.39 is 12.0 Å². The fourth-order valence-corrected chi connectivity index (χ4v) is 5.98. The third-order valence-corrected chi connectivity index (χ3v) is 7.68. The quantitative estimate of drug-likeness (QED) is 0.341. The number of hydrogen-bond acceptors (Lipinski definition) is 7. The molecule has 0 fully saturated rings. The fraction of sp³-hybridized carbons (Fsp3) is 0.179. The van der Waals surface area contributed by atoms with Crippen LogP contribution in [0.4, 0.5) is 0 Å². The van der Waals surface area contributed by atoms with Crippen LogP contribution in [-0.2, 0) is 16.1 Å². The third-order valence-electron chi connectivity index (χ3n) is 5.77. The number of carbonyl (C=O) groups is 1. The summed E-state index contributed by atoms with van der Waals surface area (Å²) in [6.07, 6.45) is 1.83. The van der Waals surface area contributed by atoms with Gasteiger partial charge >= 0.3 is 5.97 Å². The van der Waals surface area contributed by atoms with E-state index in [1.54, 1.807) is 18.4 Å². The fourth-order valence-electron chi connectivity index (χ4n) is 4.12. The van der Waals surface area contributed by atoms with Crippen LogP contribution < -0.4 is 19.6 Å². The number of para-hydroxylation sites is 1. The van der Waals surface area contributed by atoms with Gasteiger partial charge in [-0.1, -0.05) is 65.9 Å². The van der Waals surface area contributed by atoms with E-state index in [0.29, 0.717) is 33.0 Å². The topological polar surface area (TPSA) is 69.9 Å². The molecule has 1 aliphatic rings. The predicted molar refractivity (Wildman–Crippen MR) is 142 cm³/mol. The second kappa shape index (κ2) is 10.5. The number of allylic oxidation sites excluding steroid dienone is 1. The van der Waals surface area contributed by atoms with Gasteiger partial charge < -0.3 is 9.47 Å². The maximum Gasteiger partial charge on any atom is 0.338 e. The molecule has 0 aliphatic carbocycles. The zero-order valence-electron chi connectivity index (χ0n) is 19.8. The van der Waals surface area contributed by atoms with Gasteiger partial charge in [-0.2, -0.15) is 0 Å². The normalized spacial score (nSPS) is 15.4. The van der Waals surface area contributed by atoms with Crippen molar-refractivity contribution in [2.24, 2.45) is 4.99 Å². The lowest BCUT2D eigenvalue weighted by Crippen LogP contribution is -2.39. The van der Waals surface area contributed by atoms with Crippen molar-refractivity contribution < 1.29 is 14.3 Å². The largest absolute Gasteiger partial charge is 0.488 e. The Morgan fingerprint density at radius 1 is 1.08 bits per heavy atom. The number of esters is 1. The summed E-state index contributed by atoms with van der Waals surface area (Å²) >= 11 is 2.80. The highest BCUT2D eigenvalue weighted by Gasteiger charge is 2.33. The van der Waals surface area contributed by atoms with Gasteiger partial charge in [0.2, 0.25) is 0 Å². The molecule has 1 atom stereocenters. The Labute approximate surface area is 216 Å². The number of thiazole rings is 1. The van der Waals surface area contributed by atoms with E-state index in [-0.39, 0.29) is 12.2 Å². The van der Waals surface area contributed by atoms with Crippen LogP contribution in [0.2, 0.25) is 0 Å². The Hall–Kier alpha value is -3.75. The first-order valence-electron chi connectivity index (χ1n) is 11.6. The van der Waals surface area contributed by atoms with Crippen LogP contribution in [0.3, 0.4) is 0 Å². The highest BCUT2D eigenvalue weighted by molar-refractivity contribution is 7.10. The van der Waals surface area contributed by atoms with Crippen molar-refractivity contribution in [3.05, 3.63) is 119 Å². The summed E-state index contributed by atoms with van der Waals surface area (Å²) in [6.45, 7) is 4.22. The van der Waals surface area contributed by atoms with Gasteiger partial charge in [-0.3, -0.25) is 9.36 Å². The number of hydrogen-bond donors (Lipinski definition) is 0. The Kier molecular flexibility index (Phi) is 6.97. The third kappa shape index (κ3) is 4.69. The first-order valence-corrected chi connectivity index (χ1v) is 13.2. The molecule has 0 unspecified atom stereocenters. The molecule has 36 heavy (non-hydrogen) atoms. The van der Waals surface area contributed by atoms with Gasteiger partial charge in [0.05, 0.1) is 22.4 Å². The molecular formula is C28H24N2O4S2. The van der Waals surface area contributed by atoms with E-state index in [1.165, 1.54) is 22.7 Å². The van der Waals surface area contributed by atoms with E-state index in [2.05, 4.69) is 4.99 Å². The van der Waals surface area contributed by atoms with Gasteiger partial charge in [-0.15, -0.1) is 11.3 Å². The van der Waals surface area contributed by atoms with Crippen molar-refractivity contribution in [2.75, 3.05) is 6.61 Å². The summed E-state index contributed by atoms with van der Waals surface area (Å²) in [7, 11) is 0. The maximum atomic E-state index is 13.7. The molecule has 0 N–H and O–H groups in total. The molecule has 182 valence electrons. The Morgan fingerprint density at radius 3 is 2.61 bits per heavy atom. The van der Waals surface area contributed by atoms with Gasteiger partial charge in [0.15, 0.2) is 4.80 Å². The second-order valence-electron chi connectivity index (χ2n) is 8.13. The van der Waals surface area contributed by atoms with Crippen LogP contribution >= 0.6 is 22.7 Å². The molecule has 0 spiro atoms. The van der Waals surface area contributed by atoms with Crippen molar-refractivity contribution in [1.82, 2.24) is 4.57 Å². The van der Waals surface area contributed by atoms with Crippen molar-refractivity contribution >= 4 is 34.7 Å². The summed E-state index contributed by atoms with van der Waals surface area (Å²) in [6, 6.07) is 20.8. The molecule has 8 heteroatoms.